The van der Waals surface area contributed by atoms with Gasteiger partial charge < -0.3 is 13.9 Å². The first-order valence-electron chi connectivity index (χ1n) is 8.63. The molecule has 0 saturated carbocycles. The third-order valence-corrected chi connectivity index (χ3v) is 5.85. The van der Waals surface area contributed by atoms with Crippen LogP contribution in [-0.4, -0.2) is 29.9 Å². The zero-order valence-electron chi connectivity index (χ0n) is 15.2. The van der Waals surface area contributed by atoms with E-state index in [9.17, 15) is 9.59 Å². The van der Waals surface area contributed by atoms with Crippen LogP contribution in [0.25, 0.3) is 15.7 Å². The first-order chi connectivity index (χ1) is 13.6. The van der Waals surface area contributed by atoms with E-state index in [0.717, 1.165) is 0 Å². The number of esters is 1. The number of fused-ring (bicyclic) bond motifs is 3. The van der Waals surface area contributed by atoms with Gasteiger partial charge in [0.2, 0.25) is 5.78 Å². The summed E-state index contributed by atoms with van der Waals surface area (Å²) in [5.74, 6) is -0.165. The molecule has 0 amide bonds. The Morgan fingerprint density at radius 1 is 1.14 bits per heavy atom. The van der Waals surface area contributed by atoms with Gasteiger partial charge in [-0.25, -0.2) is 4.79 Å². The van der Waals surface area contributed by atoms with E-state index in [1.165, 1.54) is 18.4 Å². The smallest absolute Gasteiger partial charge is 0.341 e. The summed E-state index contributed by atoms with van der Waals surface area (Å²) in [5, 5.41) is 0.555. The summed E-state index contributed by atoms with van der Waals surface area (Å²) < 4.78 is 13.4. The lowest BCUT2D eigenvalue weighted by Gasteiger charge is -2.05. The highest BCUT2D eigenvalue weighted by molar-refractivity contribution is 7.22. The molecule has 0 aliphatic carbocycles. The maximum atomic E-state index is 13.1. The molecule has 0 unspecified atom stereocenters. The SMILES string of the molecule is CCOC(=O)c1c2sc(C(=O)c3ccc(Cl)cc3)c(OC)c2n2ccccc12. The van der Waals surface area contributed by atoms with E-state index in [1.807, 2.05) is 28.8 Å². The lowest BCUT2D eigenvalue weighted by Crippen LogP contribution is -2.04. The average molecular weight is 414 g/mol. The second-order valence-corrected chi connectivity index (χ2v) is 7.49. The highest BCUT2D eigenvalue weighted by atomic mass is 35.5. The second-order valence-electron chi connectivity index (χ2n) is 6.03. The molecule has 28 heavy (non-hydrogen) atoms. The van der Waals surface area contributed by atoms with Crippen LogP contribution in [0.4, 0.5) is 0 Å². The third-order valence-electron chi connectivity index (χ3n) is 4.42. The molecule has 1 aromatic carbocycles. The molecular formula is C21H16ClNO4S. The molecule has 4 aromatic rings. The second kappa shape index (κ2) is 7.30. The zero-order chi connectivity index (χ0) is 19.8. The van der Waals surface area contributed by atoms with Crippen LogP contribution >= 0.6 is 22.9 Å². The predicted octanol–water partition coefficient (Wildman–Crippen LogP) is 5.22. The zero-order valence-corrected chi connectivity index (χ0v) is 16.8. The summed E-state index contributed by atoms with van der Waals surface area (Å²) in [6.07, 6.45) is 1.84. The quantitative estimate of drug-likeness (QED) is 0.332. The molecule has 0 aliphatic heterocycles. The number of thiophene rings is 1. The van der Waals surface area contributed by atoms with Crippen LogP contribution in [0.15, 0.2) is 48.7 Å². The molecule has 0 fully saturated rings. The number of halogens is 1. The van der Waals surface area contributed by atoms with E-state index in [-0.39, 0.29) is 12.4 Å². The molecule has 5 nitrogen and oxygen atoms in total. The Balaban J connectivity index is 1.99. The van der Waals surface area contributed by atoms with Gasteiger partial charge in [-0.1, -0.05) is 17.7 Å². The van der Waals surface area contributed by atoms with Crippen molar-refractivity contribution in [2.75, 3.05) is 13.7 Å². The van der Waals surface area contributed by atoms with Gasteiger partial charge in [0.1, 0.15) is 16.0 Å². The summed E-state index contributed by atoms with van der Waals surface area (Å²) in [6.45, 7) is 2.03. The van der Waals surface area contributed by atoms with Crippen molar-refractivity contribution in [2.45, 2.75) is 6.92 Å². The maximum Gasteiger partial charge on any atom is 0.341 e. The minimum Gasteiger partial charge on any atom is -0.493 e. The van der Waals surface area contributed by atoms with E-state index >= 15 is 0 Å². The Bertz CT molecular complexity index is 1210. The average Bonchev–Trinajstić information content (AvgIpc) is 3.22. The molecule has 0 aliphatic rings. The molecule has 0 saturated heterocycles. The van der Waals surface area contributed by atoms with Crippen molar-refractivity contribution in [1.82, 2.24) is 4.40 Å². The highest BCUT2D eigenvalue weighted by Crippen LogP contribution is 2.43. The molecule has 0 bridgehead atoms. The molecule has 0 radical (unpaired) electrons. The number of hydrogen-bond donors (Lipinski definition) is 0. The number of aromatic nitrogens is 1. The van der Waals surface area contributed by atoms with Gasteiger partial charge in [-0.2, -0.15) is 0 Å². The molecule has 4 rings (SSSR count). The minimum atomic E-state index is -0.421. The van der Waals surface area contributed by atoms with E-state index < -0.39 is 5.97 Å². The predicted molar refractivity (Wildman–Crippen MR) is 110 cm³/mol. The number of benzene rings is 1. The lowest BCUT2D eigenvalue weighted by molar-refractivity contribution is 0.0531. The first-order valence-corrected chi connectivity index (χ1v) is 9.83. The van der Waals surface area contributed by atoms with E-state index in [4.69, 9.17) is 21.1 Å². The van der Waals surface area contributed by atoms with Gasteiger partial charge in [0.05, 0.1) is 23.9 Å². The molecule has 3 aromatic heterocycles. The molecule has 0 atom stereocenters. The van der Waals surface area contributed by atoms with Crippen molar-refractivity contribution in [1.29, 1.82) is 0 Å². The Morgan fingerprint density at radius 3 is 2.57 bits per heavy atom. The number of methoxy groups -OCH3 is 1. The summed E-state index contributed by atoms with van der Waals surface area (Å²) in [6, 6.07) is 12.2. The van der Waals surface area contributed by atoms with Gasteiger partial charge in [0.25, 0.3) is 0 Å². The van der Waals surface area contributed by atoms with Crippen LogP contribution in [0.3, 0.4) is 0 Å². The fourth-order valence-electron chi connectivity index (χ4n) is 3.23. The Kier molecular flexibility index (Phi) is 4.83. The van der Waals surface area contributed by atoms with Crippen LogP contribution in [0.1, 0.15) is 32.5 Å². The maximum absolute atomic E-state index is 13.1. The Morgan fingerprint density at radius 2 is 1.89 bits per heavy atom. The van der Waals surface area contributed by atoms with Crippen molar-refractivity contribution >= 4 is 50.4 Å². The van der Waals surface area contributed by atoms with E-state index in [0.29, 0.717) is 42.5 Å². The standard InChI is InChI=1S/C21H16ClNO4S/c1-3-27-21(25)15-14-6-4-5-11-23(14)16-18(26-2)20(28-19(15)16)17(24)12-7-9-13(22)10-8-12/h4-11H,3H2,1-2H3. The number of ether oxygens (including phenoxy) is 2. The fraction of sp³-hybridized carbons (Fsp3) is 0.143. The third kappa shape index (κ3) is 2.85. The van der Waals surface area contributed by atoms with Crippen LogP contribution in [0, 0.1) is 0 Å². The Hall–Kier alpha value is -2.83. The van der Waals surface area contributed by atoms with Gasteiger partial charge in [-0.3, -0.25) is 4.79 Å². The molecule has 142 valence electrons. The largest absolute Gasteiger partial charge is 0.493 e. The van der Waals surface area contributed by atoms with Crippen molar-refractivity contribution in [2.24, 2.45) is 0 Å². The van der Waals surface area contributed by atoms with Crippen molar-refractivity contribution in [3.8, 4) is 5.75 Å². The van der Waals surface area contributed by atoms with Crippen molar-refractivity contribution in [3.05, 3.63) is 69.7 Å². The molecular weight excluding hydrogens is 398 g/mol. The van der Waals surface area contributed by atoms with Gasteiger partial charge >= 0.3 is 5.97 Å². The number of ketones is 1. The van der Waals surface area contributed by atoms with E-state index in [2.05, 4.69) is 0 Å². The minimum absolute atomic E-state index is 0.186. The van der Waals surface area contributed by atoms with Crippen LogP contribution in [0.5, 0.6) is 5.75 Å². The summed E-state index contributed by atoms with van der Waals surface area (Å²) in [7, 11) is 1.52. The summed E-state index contributed by atoms with van der Waals surface area (Å²) in [4.78, 5) is 26.2. The number of carbonyl (C=O) groups is 2. The van der Waals surface area contributed by atoms with Crippen molar-refractivity contribution in [3.63, 3.8) is 0 Å². The van der Waals surface area contributed by atoms with Gasteiger partial charge in [0, 0.05) is 16.8 Å². The first kappa shape index (κ1) is 18.5. The number of nitrogens with zero attached hydrogens (tertiary/aromatic N) is 1. The summed E-state index contributed by atoms with van der Waals surface area (Å²) in [5.41, 5.74) is 2.34. The number of carbonyl (C=O) groups excluding carboxylic acids is 2. The summed E-state index contributed by atoms with van der Waals surface area (Å²) >= 11 is 7.16. The molecule has 0 N–H and O–H groups in total. The topological polar surface area (TPSA) is 57.0 Å². The highest BCUT2D eigenvalue weighted by Gasteiger charge is 2.29. The van der Waals surface area contributed by atoms with Crippen LogP contribution in [0.2, 0.25) is 5.02 Å². The van der Waals surface area contributed by atoms with Crippen LogP contribution in [-0.2, 0) is 4.74 Å². The van der Waals surface area contributed by atoms with Gasteiger partial charge in [-0.05, 0) is 43.3 Å². The monoisotopic (exact) mass is 413 g/mol. The molecule has 0 spiro atoms. The normalized spacial score (nSPS) is 11.1. The lowest BCUT2D eigenvalue weighted by atomic mass is 10.1. The number of rotatable bonds is 5. The number of hydrogen-bond acceptors (Lipinski definition) is 5. The van der Waals surface area contributed by atoms with Crippen molar-refractivity contribution < 1.29 is 19.1 Å². The Labute approximate surface area is 170 Å². The van der Waals surface area contributed by atoms with Gasteiger partial charge in [-0.15, -0.1) is 11.3 Å². The van der Waals surface area contributed by atoms with E-state index in [1.54, 1.807) is 31.2 Å². The molecule has 3 heterocycles. The fourth-order valence-corrected chi connectivity index (χ4v) is 4.62. The van der Waals surface area contributed by atoms with Gasteiger partial charge in [0.15, 0.2) is 5.75 Å². The molecule has 7 heteroatoms. The number of pyridine rings is 1. The van der Waals surface area contributed by atoms with Crippen LogP contribution < -0.4 is 4.74 Å².